The second kappa shape index (κ2) is 10.1. The summed E-state index contributed by atoms with van der Waals surface area (Å²) in [4.78, 5) is 28.0. The van der Waals surface area contributed by atoms with Gasteiger partial charge in [0.15, 0.2) is 0 Å². The number of nitrogens with two attached hydrogens (primary N) is 1. The summed E-state index contributed by atoms with van der Waals surface area (Å²) in [7, 11) is 4.03. The van der Waals surface area contributed by atoms with Crippen LogP contribution in [0.1, 0.15) is 22.5 Å². The van der Waals surface area contributed by atoms with Gasteiger partial charge in [-0.2, -0.15) is 0 Å². The monoisotopic (exact) mass is 463 g/mol. The van der Waals surface area contributed by atoms with Gasteiger partial charge in [-0.15, -0.1) is 11.3 Å². The Kier molecular flexibility index (Phi) is 6.96. The number of nitrogens with one attached hydrogen (secondary N) is 3. The number of hydrogen-bond donors (Lipinski definition) is 4. The van der Waals surface area contributed by atoms with Crippen molar-refractivity contribution in [3.8, 4) is 21.6 Å². The first kappa shape index (κ1) is 22.8. The number of carbonyl (C=O) groups excluding carboxylic acids is 2. The van der Waals surface area contributed by atoms with Crippen molar-refractivity contribution in [3.05, 3.63) is 59.5 Å². The van der Waals surface area contributed by atoms with E-state index in [2.05, 4.69) is 57.2 Å². The molecule has 0 bridgehead atoms. The van der Waals surface area contributed by atoms with Gasteiger partial charge in [0, 0.05) is 37.2 Å². The molecule has 0 spiro atoms. The number of anilines is 2. The fraction of sp³-hybridized carbons (Fsp3) is 0.280. The molecule has 1 fully saturated rings. The van der Waals surface area contributed by atoms with Gasteiger partial charge in [-0.25, -0.2) is 4.79 Å². The number of amides is 3. The normalized spacial score (nSPS) is 15.6. The first-order chi connectivity index (χ1) is 15.9. The molecular formula is C25H29N5O2S. The van der Waals surface area contributed by atoms with Gasteiger partial charge in [-0.1, -0.05) is 30.3 Å². The third-order valence-corrected chi connectivity index (χ3v) is 6.88. The standard InChI is InChI=1S/C25H29N5O2S/c1-30(2)20-10-8-16(9-11-20)17-5-3-6-18(13-17)22-14-21(29-25(26)32)23(33-22)24(31)28-19-7-4-12-27-15-19/h3,5-6,8-11,13-14,19,27H,4,7,12,15H2,1-2H3,(H,28,31)(H3,26,29,32)/t19-/m1/s1. The van der Waals surface area contributed by atoms with E-state index in [1.54, 1.807) is 0 Å². The van der Waals surface area contributed by atoms with E-state index >= 15 is 0 Å². The highest BCUT2D eigenvalue weighted by molar-refractivity contribution is 7.18. The summed E-state index contributed by atoms with van der Waals surface area (Å²) in [6.45, 7) is 1.72. The molecule has 1 aromatic heterocycles. The number of piperidine rings is 1. The lowest BCUT2D eigenvalue weighted by Gasteiger charge is -2.23. The summed E-state index contributed by atoms with van der Waals surface area (Å²) in [6.07, 6.45) is 1.96. The van der Waals surface area contributed by atoms with E-state index in [0.29, 0.717) is 10.6 Å². The minimum Gasteiger partial charge on any atom is -0.378 e. The van der Waals surface area contributed by atoms with Crippen molar-refractivity contribution in [1.29, 1.82) is 0 Å². The molecule has 1 saturated heterocycles. The van der Waals surface area contributed by atoms with Gasteiger partial charge < -0.3 is 26.6 Å². The molecule has 0 radical (unpaired) electrons. The fourth-order valence-electron chi connectivity index (χ4n) is 3.96. The summed E-state index contributed by atoms with van der Waals surface area (Å²) in [5, 5.41) is 8.99. The molecule has 0 aliphatic carbocycles. The van der Waals surface area contributed by atoms with Crippen LogP contribution in [0.15, 0.2) is 54.6 Å². The quantitative estimate of drug-likeness (QED) is 0.442. The number of thiophene rings is 1. The van der Waals surface area contributed by atoms with Crippen molar-refractivity contribution < 1.29 is 9.59 Å². The molecule has 33 heavy (non-hydrogen) atoms. The molecule has 172 valence electrons. The van der Waals surface area contributed by atoms with Gasteiger partial charge in [0.25, 0.3) is 5.91 Å². The molecular weight excluding hydrogens is 434 g/mol. The van der Waals surface area contributed by atoms with Crippen LogP contribution in [0.25, 0.3) is 21.6 Å². The lowest BCUT2D eigenvalue weighted by Crippen LogP contribution is -2.45. The summed E-state index contributed by atoms with van der Waals surface area (Å²) in [5.41, 5.74) is 10.1. The maximum absolute atomic E-state index is 13.0. The Morgan fingerprint density at radius 3 is 2.48 bits per heavy atom. The molecule has 0 unspecified atom stereocenters. The van der Waals surface area contributed by atoms with Gasteiger partial charge in [-0.3, -0.25) is 4.79 Å². The molecule has 0 saturated carbocycles. The summed E-state index contributed by atoms with van der Waals surface area (Å²) < 4.78 is 0. The molecule has 1 aliphatic heterocycles. The van der Waals surface area contributed by atoms with Gasteiger partial charge >= 0.3 is 6.03 Å². The smallest absolute Gasteiger partial charge is 0.316 e. The summed E-state index contributed by atoms with van der Waals surface area (Å²) >= 11 is 1.35. The molecule has 1 aliphatic rings. The topological polar surface area (TPSA) is 99.5 Å². The second-order valence-electron chi connectivity index (χ2n) is 8.38. The van der Waals surface area contributed by atoms with Crippen LogP contribution in [0, 0.1) is 0 Å². The minimum absolute atomic E-state index is 0.0756. The molecule has 3 aromatic rings. The van der Waals surface area contributed by atoms with Crippen LogP contribution in [0.2, 0.25) is 0 Å². The maximum Gasteiger partial charge on any atom is 0.316 e. The predicted molar refractivity (Wildman–Crippen MR) is 136 cm³/mol. The van der Waals surface area contributed by atoms with Crippen LogP contribution in [0.4, 0.5) is 16.2 Å². The first-order valence-electron chi connectivity index (χ1n) is 11.0. The Labute approximate surface area is 198 Å². The average molecular weight is 464 g/mol. The van der Waals surface area contributed by atoms with Gasteiger partial charge in [0.05, 0.1) is 5.69 Å². The van der Waals surface area contributed by atoms with Gasteiger partial charge in [-0.05, 0) is 60.3 Å². The van der Waals surface area contributed by atoms with E-state index in [4.69, 9.17) is 5.73 Å². The maximum atomic E-state index is 13.0. The van der Waals surface area contributed by atoms with E-state index in [-0.39, 0.29) is 11.9 Å². The Hall–Kier alpha value is -3.36. The zero-order valence-electron chi connectivity index (χ0n) is 18.9. The Bertz CT molecular complexity index is 1130. The lowest BCUT2D eigenvalue weighted by atomic mass is 10.0. The van der Waals surface area contributed by atoms with Crippen LogP contribution < -0.4 is 26.6 Å². The highest BCUT2D eigenvalue weighted by Crippen LogP contribution is 2.36. The zero-order chi connectivity index (χ0) is 23.4. The highest BCUT2D eigenvalue weighted by atomic mass is 32.1. The number of rotatable bonds is 6. The number of urea groups is 1. The van der Waals surface area contributed by atoms with Crippen molar-refractivity contribution >= 4 is 34.6 Å². The first-order valence-corrected chi connectivity index (χ1v) is 11.8. The Balaban J connectivity index is 1.62. The van der Waals surface area contributed by atoms with Crippen molar-refractivity contribution in [2.75, 3.05) is 37.4 Å². The van der Waals surface area contributed by atoms with E-state index in [1.165, 1.54) is 11.3 Å². The fourth-order valence-corrected chi connectivity index (χ4v) is 4.97. The van der Waals surface area contributed by atoms with Crippen LogP contribution in [-0.4, -0.2) is 45.2 Å². The van der Waals surface area contributed by atoms with Crippen molar-refractivity contribution in [3.63, 3.8) is 0 Å². The van der Waals surface area contributed by atoms with Crippen molar-refractivity contribution in [2.45, 2.75) is 18.9 Å². The largest absolute Gasteiger partial charge is 0.378 e. The van der Waals surface area contributed by atoms with E-state index in [9.17, 15) is 9.59 Å². The molecule has 2 heterocycles. The average Bonchev–Trinajstić information content (AvgIpc) is 3.23. The highest BCUT2D eigenvalue weighted by Gasteiger charge is 2.22. The lowest BCUT2D eigenvalue weighted by molar-refractivity contribution is 0.0935. The van der Waals surface area contributed by atoms with Crippen LogP contribution in [0.5, 0.6) is 0 Å². The summed E-state index contributed by atoms with van der Waals surface area (Å²) in [6, 6.07) is 17.7. The zero-order valence-corrected chi connectivity index (χ0v) is 19.7. The van der Waals surface area contributed by atoms with Crippen molar-refractivity contribution in [2.24, 2.45) is 5.73 Å². The Morgan fingerprint density at radius 1 is 1.06 bits per heavy atom. The van der Waals surface area contributed by atoms with E-state index in [0.717, 1.165) is 53.2 Å². The van der Waals surface area contributed by atoms with E-state index < -0.39 is 6.03 Å². The number of benzene rings is 2. The third kappa shape index (κ3) is 5.53. The van der Waals surface area contributed by atoms with Crippen molar-refractivity contribution in [1.82, 2.24) is 10.6 Å². The molecule has 5 N–H and O–H groups in total. The minimum atomic E-state index is -0.692. The van der Waals surface area contributed by atoms with E-state index in [1.807, 2.05) is 32.3 Å². The molecule has 7 nitrogen and oxygen atoms in total. The van der Waals surface area contributed by atoms with Gasteiger partial charge in [0.2, 0.25) is 0 Å². The molecule has 1 atom stereocenters. The molecule has 3 amide bonds. The number of primary amides is 1. The SMILES string of the molecule is CN(C)c1ccc(-c2cccc(-c3cc(NC(N)=O)c(C(=O)N[C@@H]4CCCNC4)s3)c2)cc1. The Morgan fingerprint density at radius 2 is 1.82 bits per heavy atom. The predicted octanol–water partition coefficient (Wildman–Crippen LogP) is 4.12. The van der Waals surface area contributed by atoms with Gasteiger partial charge in [0.1, 0.15) is 4.88 Å². The summed E-state index contributed by atoms with van der Waals surface area (Å²) in [5.74, 6) is -0.195. The third-order valence-electron chi connectivity index (χ3n) is 5.69. The number of hydrogen-bond acceptors (Lipinski definition) is 5. The van der Waals surface area contributed by atoms with Crippen LogP contribution >= 0.6 is 11.3 Å². The van der Waals surface area contributed by atoms with Crippen LogP contribution in [0.3, 0.4) is 0 Å². The molecule has 8 heteroatoms. The number of nitrogens with zero attached hydrogens (tertiary/aromatic N) is 1. The second-order valence-corrected chi connectivity index (χ2v) is 9.43. The molecule has 4 rings (SSSR count). The van der Waals surface area contributed by atoms with Crippen LogP contribution in [-0.2, 0) is 0 Å². The molecule has 2 aromatic carbocycles. The number of carbonyl (C=O) groups is 2.